The monoisotopic (exact) mass is 330 g/mol. The van der Waals surface area contributed by atoms with Crippen LogP contribution in [0.15, 0.2) is 16.3 Å². The third-order valence-electron chi connectivity index (χ3n) is 3.83. The summed E-state index contributed by atoms with van der Waals surface area (Å²) in [6.07, 6.45) is 7.86. The number of rotatable bonds is 4. The molecular formula is C14H22N2O3S2. The molecule has 7 heteroatoms. The van der Waals surface area contributed by atoms with Crippen molar-refractivity contribution < 1.29 is 13.2 Å². The maximum Gasteiger partial charge on any atom is 0.247 e. The van der Waals surface area contributed by atoms with Crippen molar-refractivity contribution in [3.63, 3.8) is 0 Å². The second kappa shape index (κ2) is 7.38. The van der Waals surface area contributed by atoms with E-state index in [0.717, 1.165) is 41.9 Å². The first-order chi connectivity index (χ1) is 9.97. The molecule has 0 radical (unpaired) electrons. The van der Waals surface area contributed by atoms with E-state index in [4.69, 9.17) is 5.14 Å². The molecule has 3 N–H and O–H groups in total. The Morgan fingerprint density at radius 1 is 1.19 bits per heavy atom. The molecule has 1 saturated carbocycles. The quantitative estimate of drug-likeness (QED) is 0.888. The Morgan fingerprint density at radius 2 is 1.81 bits per heavy atom. The van der Waals surface area contributed by atoms with Crippen LogP contribution in [0.25, 0.3) is 0 Å². The average molecular weight is 330 g/mol. The summed E-state index contributed by atoms with van der Waals surface area (Å²) in [5, 5.41) is 7.99. The average Bonchev–Trinajstić information content (AvgIpc) is 2.84. The van der Waals surface area contributed by atoms with Crippen molar-refractivity contribution in [1.29, 1.82) is 0 Å². The van der Waals surface area contributed by atoms with Crippen LogP contribution < -0.4 is 10.5 Å². The van der Waals surface area contributed by atoms with Gasteiger partial charge in [-0.25, -0.2) is 13.6 Å². The molecule has 0 bridgehead atoms. The molecule has 0 saturated heterocycles. The van der Waals surface area contributed by atoms with E-state index in [9.17, 15) is 13.2 Å². The van der Waals surface area contributed by atoms with Gasteiger partial charge in [0.1, 0.15) is 4.21 Å². The maximum absolute atomic E-state index is 12.2. The number of carbonyl (C=O) groups excluding carboxylic acids is 1. The molecule has 1 fully saturated rings. The van der Waals surface area contributed by atoms with E-state index in [0.29, 0.717) is 6.54 Å². The topological polar surface area (TPSA) is 89.3 Å². The van der Waals surface area contributed by atoms with Crippen LogP contribution in [0.4, 0.5) is 0 Å². The van der Waals surface area contributed by atoms with Gasteiger partial charge in [-0.15, -0.1) is 11.3 Å². The fourth-order valence-electron chi connectivity index (χ4n) is 2.64. The summed E-state index contributed by atoms with van der Waals surface area (Å²) in [7, 11) is -3.64. The van der Waals surface area contributed by atoms with E-state index in [1.807, 2.05) is 0 Å². The summed E-state index contributed by atoms with van der Waals surface area (Å²) in [6.45, 7) is 0.371. The molecule has 1 aromatic rings. The van der Waals surface area contributed by atoms with Crippen molar-refractivity contribution in [1.82, 2.24) is 5.32 Å². The predicted molar refractivity (Wildman–Crippen MR) is 83.3 cm³/mol. The molecule has 0 spiro atoms. The minimum Gasteiger partial charge on any atom is -0.351 e. The third kappa shape index (κ3) is 5.09. The van der Waals surface area contributed by atoms with Crippen LogP contribution in [0.1, 0.15) is 49.8 Å². The second-order valence-electron chi connectivity index (χ2n) is 5.53. The van der Waals surface area contributed by atoms with Crippen LogP contribution in [0.2, 0.25) is 0 Å². The largest absolute Gasteiger partial charge is 0.351 e. The summed E-state index contributed by atoms with van der Waals surface area (Å²) < 4.78 is 22.5. The third-order valence-corrected chi connectivity index (χ3v) is 6.35. The first-order valence-electron chi connectivity index (χ1n) is 7.36. The first kappa shape index (κ1) is 16.5. The van der Waals surface area contributed by atoms with Crippen LogP contribution in [0, 0.1) is 5.92 Å². The van der Waals surface area contributed by atoms with Crippen molar-refractivity contribution >= 4 is 27.3 Å². The summed E-state index contributed by atoms with van der Waals surface area (Å²) in [4.78, 5) is 13.0. The van der Waals surface area contributed by atoms with Gasteiger partial charge in [0.25, 0.3) is 0 Å². The molecule has 2 rings (SSSR count). The van der Waals surface area contributed by atoms with Gasteiger partial charge in [0, 0.05) is 10.8 Å². The minimum atomic E-state index is -3.64. The lowest BCUT2D eigenvalue weighted by molar-refractivity contribution is -0.125. The van der Waals surface area contributed by atoms with Crippen molar-refractivity contribution in [2.24, 2.45) is 11.1 Å². The standard InChI is InChI=1S/C14H22N2O3S2/c15-21(18,19)13-9-8-12(20-13)10-16-14(17)11-6-4-2-1-3-5-7-11/h8-9,11H,1-7,10H2,(H,16,17)(H2,15,18,19). The number of hydrogen-bond acceptors (Lipinski definition) is 4. The van der Waals surface area contributed by atoms with E-state index >= 15 is 0 Å². The zero-order chi connectivity index (χ0) is 15.3. The Balaban J connectivity index is 1.86. The van der Waals surface area contributed by atoms with Gasteiger partial charge in [-0.3, -0.25) is 4.79 Å². The predicted octanol–water partition coefficient (Wildman–Crippen LogP) is 2.37. The Kier molecular flexibility index (Phi) is 5.78. The van der Waals surface area contributed by atoms with Crippen molar-refractivity contribution in [3.05, 3.63) is 17.0 Å². The Morgan fingerprint density at radius 3 is 2.38 bits per heavy atom. The number of sulfonamides is 1. The molecule has 1 aromatic heterocycles. The molecule has 5 nitrogen and oxygen atoms in total. The molecule has 1 heterocycles. The van der Waals surface area contributed by atoms with E-state index in [1.54, 1.807) is 6.07 Å². The number of nitrogens with two attached hydrogens (primary N) is 1. The van der Waals surface area contributed by atoms with Gasteiger partial charge in [0.15, 0.2) is 0 Å². The van der Waals surface area contributed by atoms with Gasteiger partial charge in [-0.1, -0.05) is 32.1 Å². The Hall–Kier alpha value is -0.920. The lowest BCUT2D eigenvalue weighted by atomic mass is 9.90. The number of primary sulfonamides is 1. The molecule has 1 amide bonds. The highest BCUT2D eigenvalue weighted by atomic mass is 32.2. The normalized spacial score (nSPS) is 18.0. The second-order valence-corrected chi connectivity index (χ2v) is 8.48. The first-order valence-corrected chi connectivity index (χ1v) is 9.72. The smallest absolute Gasteiger partial charge is 0.247 e. The molecule has 21 heavy (non-hydrogen) atoms. The number of nitrogens with one attached hydrogen (secondary N) is 1. The van der Waals surface area contributed by atoms with Crippen LogP contribution in [-0.4, -0.2) is 14.3 Å². The Labute approximate surface area is 130 Å². The fraction of sp³-hybridized carbons (Fsp3) is 0.643. The fourth-order valence-corrected chi connectivity index (χ4v) is 4.36. The molecule has 1 aliphatic carbocycles. The van der Waals surface area contributed by atoms with E-state index in [1.165, 1.54) is 25.3 Å². The number of amides is 1. The van der Waals surface area contributed by atoms with Crippen molar-refractivity contribution in [2.75, 3.05) is 0 Å². The lowest BCUT2D eigenvalue weighted by Crippen LogP contribution is -2.30. The Bertz CT molecular complexity index is 573. The summed E-state index contributed by atoms with van der Waals surface area (Å²) in [6, 6.07) is 3.18. The summed E-state index contributed by atoms with van der Waals surface area (Å²) >= 11 is 1.11. The molecule has 0 unspecified atom stereocenters. The van der Waals surface area contributed by atoms with Gasteiger partial charge in [0.05, 0.1) is 6.54 Å². The van der Waals surface area contributed by atoms with Crippen molar-refractivity contribution in [3.8, 4) is 0 Å². The van der Waals surface area contributed by atoms with Gasteiger partial charge < -0.3 is 5.32 Å². The van der Waals surface area contributed by atoms with Crippen molar-refractivity contribution in [2.45, 2.75) is 55.7 Å². The number of carbonyl (C=O) groups is 1. The van der Waals surface area contributed by atoms with Gasteiger partial charge >= 0.3 is 0 Å². The van der Waals surface area contributed by atoms with Gasteiger partial charge in [-0.05, 0) is 25.0 Å². The highest BCUT2D eigenvalue weighted by Gasteiger charge is 2.19. The molecular weight excluding hydrogens is 308 g/mol. The highest BCUT2D eigenvalue weighted by molar-refractivity contribution is 7.91. The minimum absolute atomic E-state index is 0.0856. The zero-order valence-corrected chi connectivity index (χ0v) is 13.6. The molecule has 0 aliphatic heterocycles. The maximum atomic E-state index is 12.2. The van der Waals surface area contributed by atoms with Crippen LogP contribution >= 0.6 is 11.3 Å². The van der Waals surface area contributed by atoms with Crippen LogP contribution in [0.5, 0.6) is 0 Å². The number of hydrogen-bond donors (Lipinski definition) is 2. The molecule has 0 atom stereocenters. The van der Waals surface area contributed by atoms with E-state index in [-0.39, 0.29) is 16.0 Å². The molecule has 1 aliphatic rings. The SMILES string of the molecule is NS(=O)(=O)c1ccc(CNC(=O)C2CCCCCCC2)s1. The number of thiophene rings is 1. The molecule has 0 aromatic carbocycles. The molecule has 118 valence electrons. The highest BCUT2D eigenvalue weighted by Crippen LogP contribution is 2.23. The van der Waals surface area contributed by atoms with Gasteiger partial charge in [0.2, 0.25) is 15.9 Å². The lowest BCUT2D eigenvalue weighted by Gasteiger charge is -2.18. The summed E-state index contributed by atoms with van der Waals surface area (Å²) in [5.74, 6) is 0.186. The zero-order valence-electron chi connectivity index (χ0n) is 12.0. The van der Waals surface area contributed by atoms with Gasteiger partial charge in [-0.2, -0.15) is 0 Å². The van der Waals surface area contributed by atoms with Crippen LogP contribution in [-0.2, 0) is 21.4 Å². The van der Waals surface area contributed by atoms with Crippen LogP contribution in [0.3, 0.4) is 0 Å². The van der Waals surface area contributed by atoms with E-state index in [2.05, 4.69) is 5.32 Å². The van der Waals surface area contributed by atoms with E-state index < -0.39 is 10.0 Å². The summed E-state index contributed by atoms with van der Waals surface area (Å²) in [5.41, 5.74) is 0.